The molecule has 1 atom stereocenters. The lowest BCUT2D eigenvalue weighted by molar-refractivity contribution is 0.225. The van der Waals surface area contributed by atoms with Gasteiger partial charge in [0, 0.05) is 27.6 Å². The zero-order chi connectivity index (χ0) is 20.3. The van der Waals surface area contributed by atoms with E-state index in [9.17, 15) is 0 Å². The molecule has 5 nitrogen and oxygen atoms in total. The summed E-state index contributed by atoms with van der Waals surface area (Å²) in [5.41, 5.74) is 4.53. The first kappa shape index (κ1) is 18.9. The molecule has 4 aromatic rings. The van der Waals surface area contributed by atoms with E-state index in [4.69, 9.17) is 16.3 Å². The Morgan fingerprint density at radius 1 is 0.933 bits per heavy atom. The smallest absolute Gasteiger partial charge is 0.247 e. The molecule has 0 saturated heterocycles. The number of hydrogen-bond donors (Lipinski definition) is 1. The van der Waals surface area contributed by atoms with E-state index < -0.39 is 6.23 Å². The number of para-hydroxylation sites is 1. The van der Waals surface area contributed by atoms with Crippen LogP contribution in [0.3, 0.4) is 0 Å². The van der Waals surface area contributed by atoms with Crippen molar-refractivity contribution in [3.63, 3.8) is 0 Å². The molecule has 1 aliphatic heterocycles. The van der Waals surface area contributed by atoms with E-state index in [0.29, 0.717) is 21.8 Å². The number of ether oxygens (including phenoxy) is 1. The summed E-state index contributed by atoms with van der Waals surface area (Å²) in [6.07, 6.45) is -0.449. The van der Waals surface area contributed by atoms with Crippen LogP contribution in [-0.4, -0.2) is 15.2 Å². The minimum absolute atomic E-state index is 0.447. The lowest BCUT2D eigenvalue weighted by atomic mass is 10.1. The van der Waals surface area contributed by atoms with Gasteiger partial charge in [0.25, 0.3) is 0 Å². The Morgan fingerprint density at radius 2 is 1.77 bits per heavy atom. The number of halogens is 1. The van der Waals surface area contributed by atoms with Gasteiger partial charge in [0.15, 0.2) is 11.9 Å². The predicted molar refractivity (Wildman–Crippen MR) is 120 cm³/mol. The highest BCUT2D eigenvalue weighted by Crippen LogP contribution is 2.39. The Bertz CT molecular complexity index is 1190. The number of aromatic nitrogens is 3. The molecule has 0 bridgehead atoms. The lowest BCUT2D eigenvalue weighted by Gasteiger charge is -2.19. The maximum atomic E-state index is 6.28. The van der Waals surface area contributed by atoms with Crippen LogP contribution in [0.25, 0.3) is 11.3 Å². The van der Waals surface area contributed by atoms with Crippen molar-refractivity contribution in [2.45, 2.75) is 17.1 Å². The molecular weight excluding hydrogens is 416 g/mol. The first-order chi connectivity index (χ1) is 14.8. The molecule has 7 heteroatoms. The van der Waals surface area contributed by atoms with E-state index in [1.165, 1.54) is 17.3 Å². The van der Waals surface area contributed by atoms with Gasteiger partial charge in [0.1, 0.15) is 0 Å². The molecule has 30 heavy (non-hydrogen) atoms. The summed E-state index contributed by atoms with van der Waals surface area (Å²) >= 11 is 7.73. The summed E-state index contributed by atoms with van der Waals surface area (Å²) in [6, 6.07) is 25.7. The summed E-state index contributed by atoms with van der Waals surface area (Å²) in [7, 11) is 0. The van der Waals surface area contributed by atoms with Gasteiger partial charge >= 0.3 is 0 Å². The maximum absolute atomic E-state index is 6.28. The van der Waals surface area contributed by atoms with Gasteiger partial charge in [0.2, 0.25) is 11.0 Å². The second-order valence-corrected chi connectivity index (χ2v) is 8.14. The molecule has 0 radical (unpaired) electrons. The second-order valence-electron chi connectivity index (χ2n) is 6.77. The minimum Gasteiger partial charge on any atom is -0.448 e. The Balaban J connectivity index is 1.51. The zero-order valence-electron chi connectivity index (χ0n) is 15.8. The van der Waals surface area contributed by atoms with E-state index in [1.54, 1.807) is 0 Å². The number of benzene rings is 3. The second kappa shape index (κ2) is 8.34. The van der Waals surface area contributed by atoms with Crippen molar-refractivity contribution in [2.75, 3.05) is 5.32 Å². The third-order valence-electron chi connectivity index (χ3n) is 4.70. The standard InChI is InChI=1S/C23H17ClN4OS/c24-17-10-6-9-16(13-17)21-25-19-12-5-4-11-18(19)20-22(29-21)26-23(28-27-20)30-14-15-7-2-1-3-8-15/h1-13,21,25H,14H2/t21-/m1/s1. The van der Waals surface area contributed by atoms with Crippen LogP contribution >= 0.6 is 23.4 Å². The fraction of sp³-hybridized carbons (Fsp3) is 0.0870. The molecule has 1 aliphatic rings. The SMILES string of the molecule is Clc1cccc([C@@H]2Nc3ccccc3-c3nnc(SCc4ccccc4)nc3O2)c1. The van der Waals surface area contributed by atoms with E-state index in [2.05, 4.69) is 32.6 Å². The number of nitrogens with one attached hydrogen (secondary N) is 1. The molecular formula is C23H17ClN4OS. The van der Waals surface area contributed by atoms with Gasteiger partial charge < -0.3 is 10.1 Å². The normalized spacial score (nSPS) is 14.6. The number of thioether (sulfide) groups is 1. The van der Waals surface area contributed by atoms with Crippen LogP contribution < -0.4 is 10.1 Å². The molecule has 5 rings (SSSR count). The molecule has 3 aromatic carbocycles. The lowest BCUT2D eigenvalue weighted by Crippen LogP contribution is -2.17. The monoisotopic (exact) mass is 432 g/mol. The van der Waals surface area contributed by atoms with Crippen LogP contribution in [0.2, 0.25) is 5.02 Å². The Morgan fingerprint density at radius 3 is 2.63 bits per heavy atom. The molecule has 0 unspecified atom stereocenters. The first-order valence-electron chi connectivity index (χ1n) is 9.46. The van der Waals surface area contributed by atoms with Crippen molar-refractivity contribution in [2.24, 2.45) is 0 Å². The number of rotatable bonds is 4. The van der Waals surface area contributed by atoms with E-state index in [-0.39, 0.29) is 0 Å². The highest BCUT2D eigenvalue weighted by Gasteiger charge is 2.26. The van der Waals surface area contributed by atoms with Crippen LogP contribution in [0, 0.1) is 0 Å². The van der Waals surface area contributed by atoms with Crippen LogP contribution in [0.4, 0.5) is 5.69 Å². The van der Waals surface area contributed by atoms with Gasteiger partial charge in [-0.15, -0.1) is 10.2 Å². The summed E-state index contributed by atoms with van der Waals surface area (Å²) in [5.74, 6) is 1.21. The molecule has 1 aromatic heterocycles. The van der Waals surface area contributed by atoms with Crippen LogP contribution in [0.15, 0.2) is 84.0 Å². The fourth-order valence-electron chi connectivity index (χ4n) is 3.25. The molecule has 0 fully saturated rings. The first-order valence-corrected chi connectivity index (χ1v) is 10.8. The number of anilines is 1. The molecule has 148 valence electrons. The molecule has 2 heterocycles. The summed E-state index contributed by atoms with van der Waals surface area (Å²) in [6.45, 7) is 0. The van der Waals surface area contributed by atoms with Gasteiger partial charge in [-0.2, -0.15) is 4.98 Å². The van der Waals surface area contributed by atoms with Crippen LogP contribution in [0.5, 0.6) is 5.88 Å². The molecule has 0 saturated carbocycles. The Hall–Kier alpha value is -3.09. The average Bonchev–Trinajstić information content (AvgIpc) is 2.95. The van der Waals surface area contributed by atoms with Crippen molar-refractivity contribution in [3.05, 3.63) is 95.0 Å². The van der Waals surface area contributed by atoms with Crippen molar-refractivity contribution in [3.8, 4) is 17.1 Å². The average molecular weight is 433 g/mol. The number of hydrogen-bond acceptors (Lipinski definition) is 6. The van der Waals surface area contributed by atoms with Crippen molar-refractivity contribution >= 4 is 29.1 Å². The van der Waals surface area contributed by atoms with E-state index in [0.717, 1.165) is 22.6 Å². The van der Waals surface area contributed by atoms with Crippen molar-refractivity contribution < 1.29 is 4.74 Å². The number of nitrogens with zero attached hydrogens (tertiary/aromatic N) is 3. The van der Waals surface area contributed by atoms with Gasteiger partial charge in [-0.3, -0.25) is 0 Å². The van der Waals surface area contributed by atoms with Gasteiger partial charge in [0.05, 0.1) is 0 Å². The van der Waals surface area contributed by atoms with Crippen molar-refractivity contribution in [1.82, 2.24) is 15.2 Å². The van der Waals surface area contributed by atoms with Crippen LogP contribution in [-0.2, 0) is 5.75 Å². The summed E-state index contributed by atoms with van der Waals surface area (Å²) < 4.78 is 6.28. The maximum Gasteiger partial charge on any atom is 0.247 e. The van der Waals surface area contributed by atoms with Gasteiger partial charge in [-0.25, -0.2) is 0 Å². The Labute approximate surface area is 183 Å². The molecule has 0 amide bonds. The summed E-state index contributed by atoms with van der Waals surface area (Å²) in [4.78, 5) is 4.68. The van der Waals surface area contributed by atoms with E-state index in [1.807, 2.05) is 66.7 Å². The highest BCUT2D eigenvalue weighted by molar-refractivity contribution is 7.98. The molecule has 0 spiro atoms. The Kier molecular flexibility index (Phi) is 5.26. The third-order valence-corrected chi connectivity index (χ3v) is 5.84. The van der Waals surface area contributed by atoms with E-state index >= 15 is 0 Å². The van der Waals surface area contributed by atoms with Gasteiger partial charge in [-0.1, -0.05) is 84.0 Å². The zero-order valence-corrected chi connectivity index (χ0v) is 17.4. The van der Waals surface area contributed by atoms with Crippen LogP contribution in [0.1, 0.15) is 17.4 Å². The predicted octanol–water partition coefficient (Wildman–Crippen LogP) is 5.99. The minimum atomic E-state index is -0.449. The molecule has 0 aliphatic carbocycles. The summed E-state index contributed by atoms with van der Waals surface area (Å²) in [5, 5.41) is 13.4. The largest absolute Gasteiger partial charge is 0.448 e. The topological polar surface area (TPSA) is 59.9 Å². The van der Waals surface area contributed by atoms with Gasteiger partial charge in [-0.05, 0) is 23.8 Å². The number of fused-ring (bicyclic) bond motifs is 3. The fourth-order valence-corrected chi connectivity index (χ4v) is 4.18. The third kappa shape index (κ3) is 3.97. The highest BCUT2D eigenvalue weighted by atomic mass is 35.5. The van der Waals surface area contributed by atoms with Crippen molar-refractivity contribution in [1.29, 1.82) is 0 Å². The quantitative estimate of drug-likeness (QED) is 0.400. The molecule has 1 N–H and O–H groups in total.